The molecule has 3 nitrogen and oxygen atoms in total. The quantitative estimate of drug-likeness (QED) is 0.863. The van der Waals surface area contributed by atoms with Crippen molar-refractivity contribution >= 4 is 10.0 Å². The third-order valence-electron chi connectivity index (χ3n) is 3.62. The Bertz CT molecular complexity index is 569. The Balaban J connectivity index is 2.17. The predicted molar refractivity (Wildman–Crippen MR) is 76.1 cm³/mol. The normalized spacial score (nSPS) is 23.8. The van der Waals surface area contributed by atoms with E-state index in [-0.39, 0.29) is 12.0 Å². The molecule has 102 valence electrons. The summed E-state index contributed by atoms with van der Waals surface area (Å²) in [5.41, 5.74) is 1.04. The minimum atomic E-state index is -3.47. The number of terminal acetylenes is 1. The van der Waals surface area contributed by atoms with Crippen molar-refractivity contribution in [2.75, 3.05) is 0 Å². The first-order chi connectivity index (χ1) is 9.03. The largest absolute Gasteiger partial charge is 0.240 e. The molecule has 2 rings (SSSR count). The molecule has 0 heterocycles. The summed E-state index contributed by atoms with van der Waals surface area (Å²) in [4.78, 5) is 0.305. The molecule has 1 aromatic carbocycles. The minimum Gasteiger partial charge on any atom is -0.207 e. The van der Waals surface area contributed by atoms with Gasteiger partial charge in [0, 0.05) is 12.0 Å². The maximum Gasteiger partial charge on any atom is 0.240 e. The van der Waals surface area contributed by atoms with Crippen molar-refractivity contribution in [2.45, 2.75) is 43.5 Å². The number of hydrogen-bond donors (Lipinski definition) is 1. The summed E-state index contributed by atoms with van der Waals surface area (Å²) in [5.74, 6) is 2.72. The van der Waals surface area contributed by atoms with E-state index in [9.17, 15) is 8.42 Å². The Labute approximate surface area is 115 Å². The lowest BCUT2D eigenvalue weighted by atomic mass is 9.86. The van der Waals surface area contributed by atoms with E-state index < -0.39 is 10.0 Å². The monoisotopic (exact) mass is 277 g/mol. The van der Waals surface area contributed by atoms with Crippen LogP contribution in [-0.2, 0) is 10.0 Å². The van der Waals surface area contributed by atoms with E-state index in [1.54, 1.807) is 24.3 Å². The van der Waals surface area contributed by atoms with Gasteiger partial charge in [-0.2, -0.15) is 0 Å². The average Bonchev–Trinajstić information content (AvgIpc) is 2.39. The molecule has 1 aliphatic carbocycles. The van der Waals surface area contributed by atoms with Crippen LogP contribution in [0, 0.1) is 25.2 Å². The zero-order valence-corrected chi connectivity index (χ0v) is 11.9. The third kappa shape index (κ3) is 3.37. The van der Waals surface area contributed by atoms with Gasteiger partial charge in [0.05, 0.1) is 4.90 Å². The van der Waals surface area contributed by atoms with Crippen LogP contribution < -0.4 is 4.72 Å². The summed E-state index contributed by atoms with van der Waals surface area (Å²) < 4.78 is 27.3. The second-order valence-electron chi connectivity index (χ2n) is 5.10. The third-order valence-corrected chi connectivity index (χ3v) is 5.12. The van der Waals surface area contributed by atoms with Crippen LogP contribution in [-0.4, -0.2) is 14.5 Å². The van der Waals surface area contributed by atoms with Crippen LogP contribution in [0.2, 0.25) is 0 Å². The Morgan fingerprint density at radius 1 is 1.21 bits per heavy atom. The molecule has 2 atom stereocenters. The van der Waals surface area contributed by atoms with E-state index in [2.05, 4.69) is 10.6 Å². The molecule has 19 heavy (non-hydrogen) atoms. The highest BCUT2D eigenvalue weighted by Gasteiger charge is 2.28. The summed E-state index contributed by atoms with van der Waals surface area (Å²) in [6.45, 7) is 1.93. The standard InChI is InChI=1S/C15H19NO2S/c1-3-13-6-4-5-7-15(13)16-19(17,18)14-10-8-12(2)9-11-14/h1,8-11,13,15-16H,4-7H2,2H3/t13-,15-/m1/s1. The predicted octanol–water partition coefficient (Wildman–Crippen LogP) is 2.47. The second-order valence-corrected chi connectivity index (χ2v) is 6.81. The number of rotatable bonds is 3. The fraction of sp³-hybridized carbons (Fsp3) is 0.467. The maximum atomic E-state index is 12.3. The molecular weight excluding hydrogens is 258 g/mol. The van der Waals surface area contributed by atoms with Crippen molar-refractivity contribution in [3.8, 4) is 12.3 Å². The number of hydrogen-bond acceptors (Lipinski definition) is 2. The van der Waals surface area contributed by atoms with Gasteiger partial charge < -0.3 is 0 Å². The van der Waals surface area contributed by atoms with Crippen LogP contribution in [0.15, 0.2) is 29.2 Å². The Morgan fingerprint density at radius 3 is 2.47 bits per heavy atom. The van der Waals surface area contributed by atoms with E-state index in [0.29, 0.717) is 4.90 Å². The van der Waals surface area contributed by atoms with Gasteiger partial charge in [-0.1, -0.05) is 30.5 Å². The van der Waals surface area contributed by atoms with E-state index in [1.165, 1.54) is 0 Å². The van der Waals surface area contributed by atoms with Gasteiger partial charge in [-0.3, -0.25) is 0 Å². The van der Waals surface area contributed by atoms with Crippen LogP contribution >= 0.6 is 0 Å². The lowest BCUT2D eigenvalue weighted by molar-refractivity contribution is 0.348. The molecule has 0 radical (unpaired) electrons. The van der Waals surface area contributed by atoms with Gasteiger partial charge >= 0.3 is 0 Å². The molecular formula is C15H19NO2S. The van der Waals surface area contributed by atoms with Gasteiger partial charge in [-0.05, 0) is 31.9 Å². The first-order valence-corrected chi connectivity index (χ1v) is 8.06. The number of nitrogens with one attached hydrogen (secondary N) is 1. The molecule has 1 saturated carbocycles. The van der Waals surface area contributed by atoms with E-state index in [1.807, 2.05) is 6.92 Å². The van der Waals surface area contributed by atoms with Crippen LogP contribution in [0.4, 0.5) is 0 Å². The molecule has 0 aromatic heterocycles. The fourth-order valence-electron chi connectivity index (χ4n) is 2.46. The zero-order valence-electron chi connectivity index (χ0n) is 11.1. The van der Waals surface area contributed by atoms with Crippen LogP contribution in [0.5, 0.6) is 0 Å². The summed E-state index contributed by atoms with van der Waals surface area (Å²) in [7, 11) is -3.47. The van der Waals surface area contributed by atoms with Crippen LogP contribution in [0.1, 0.15) is 31.2 Å². The Morgan fingerprint density at radius 2 is 1.84 bits per heavy atom. The molecule has 0 bridgehead atoms. The molecule has 0 unspecified atom stereocenters. The zero-order chi connectivity index (χ0) is 13.9. The van der Waals surface area contributed by atoms with Crippen molar-refractivity contribution in [3.63, 3.8) is 0 Å². The summed E-state index contributed by atoms with van der Waals surface area (Å²) in [6.07, 6.45) is 9.31. The lowest BCUT2D eigenvalue weighted by Gasteiger charge is -2.28. The van der Waals surface area contributed by atoms with Crippen molar-refractivity contribution < 1.29 is 8.42 Å². The van der Waals surface area contributed by atoms with Crippen molar-refractivity contribution in [3.05, 3.63) is 29.8 Å². The first kappa shape index (κ1) is 14.1. The highest BCUT2D eigenvalue weighted by molar-refractivity contribution is 7.89. The average molecular weight is 277 g/mol. The molecule has 1 aliphatic rings. The number of sulfonamides is 1. The summed E-state index contributed by atoms with van der Waals surface area (Å²) in [6, 6.07) is 6.73. The highest BCUT2D eigenvalue weighted by Crippen LogP contribution is 2.25. The number of aryl methyl sites for hydroxylation is 1. The van der Waals surface area contributed by atoms with Gasteiger partial charge in [0.2, 0.25) is 10.0 Å². The van der Waals surface area contributed by atoms with Gasteiger partial charge in [0.1, 0.15) is 0 Å². The highest BCUT2D eigenvalue weighted by atomic mass is 32.2. The molecule has 1 fully saturated rings. The molecule has 0 aliphatic heterocycles. The van der Waals surface area contributed by atoms with Gasteiger partial charge in [-0.25, -0.2) is 13.1 Å². The molecule has 1 N–H and O–H groups in total. The Kier molecular flexibility index (Phi) is 4.28. The molecule has 0 saturated heterocycles. The molecule has 1 aromatic rings. The minimum absolute atomic E-state index is 0.00831. The molecule has 4 heteroatoms. The van der Waals surface area contributed by atoms with Gasteiger partial charge in [0.25, 0.3) is 0 Å². The second kappa shape index (κ2) is 5.77. The summed E-state index contributed by atoms with van der Waals surface area (Å²) in [5, 5.41) is 0. The molecule has 0 amide bonds. The van der Waals surface area contributed by atoms with Gasteiger partial charge in [0.15, 0.2) is 0 Å². The van der Waals surface area contributed by atoms with E-state index in [0.717, 1.165) is 31.2 Å². The Hall–Kier alpha value is -1.31. The maximum absolute atomic E-state index is 12.3. The topological polar surface area (TPSA) is 46.2 Å². The van der Waals surface area contributed by atoms with E-state index in [4.69, 9.17) is 6.42 Å². The van der Waals surface area contributed by atoms with Gasteiger partial charge in [-0.15, -0.1) is 12.3 Å². The van der Waals surface area contributed by atoms with Crippen molar-refractivity contribution in [1.29, 1.82) is 0 Å². The van der Waals surface area contributed by atoms with Crippen molar-refractivity contribution in [1.82, 2.24) is 4.72 Å². The fourth-order valence-corrected chi connectivity index (χ4v) is 3.77. The molecule has 0 spiro atoms. The lowest BCUT2D eigenvalue weighted by Crippen LogP contribution is -2.41. The van der Waals surface area contributed by atoms with E-state index >= 15 is 0 Å². The SMILES string of the molecule is C#C[C@@H]1CCCC[C@H]1NS(=O)(=O)c1ccc(C)cc1. The van der Waals surface area contributed by atoms with Crippen LogP contribution in [0.3, 0.4) is 0 Å². The van der Waals surface area contributed by atoms with Crippen molar-refractivity contribution in [2.24, 2.45) is 5.92 Å². The summed E-state index contributed by atoms with van der Waals surface area (Å²) >= 11 is 0. The first-order valence-electron chi connectivity index (χ1n) is 6.58. The number of benzene rings is 1. The van der Waals surface area contributed by atoms with Crippen LogP contribution in [0.25, 0.3) is 0 Å². The smallest absolute Gasteiger partial charge is 0.207 e.